The van der Waals surface area contributed by atoms with Crippen LogP contribution in [0.3, 0.4) is 0 Å². The molecule has 0 aromatic heterocycles. The Kier molecular flexibility index (Phi) is 35.3. The second-order valence-corrected chi connectivity index (χ2v) is 12.6. The molecule has 3 nitrogen and oxygen atoms in total. The monoisotopic (exact) mass is 550 g/mol. The Labute approximate surface area is 255 Å². The van der Waals surface area contributed by atoms with E-state index in [-0.39, 0.29) is 35.3 Å². The van der Waals surface area contributed by atoms with Crippen molar-refractivity contribution >= 4 is 10.1 Å². The zero-order chi connectivity index (χ0) is 26.4. The van der Waals surface area contributed by atoms with Gasteiger partial charge in [-0.1, -0.05) is 186 Å². The van der Waals surface area contributed by atoms with Crippen molar-refractivity contribution in [1.29, 1.82) is 0 Å². The molecule has 0 aliphatic carbocycles. The standard InChI is InChI=1S/C32H64O3S.Na/c1-2-3-4-5-6-7-8-9-10-11-12-13-14-15-16-17-18-19-20-21-22-23-24-25-26-27-28-29-30-31-32-36(33,34)35;/h30-31H,2-29,32H2,1H3,(H,33,34,35);/q;+1/p-1/b31-30+;. The first-order valence-electron chi connectivity index (χ1n) is 16.1. The SMILES string of the molecule is CCCCCCCCCCCCCCCCCCCCCCCCCCCCC/C=C/CS(=O)(=O)[O-].[Na+]. The summed E-state index contributed by atoms with van der Waals surface area (Å²) in [5.41, 5.74) is 0. The average molecular weight is 551 g/mol. The van der Waals surface area contributed by atoms with Crippen molar-refractivity contribution in [3.63, 3.8) is 0 Å². The molecular formula is C32H63NaO3S. The van der Waals surface area contributed by atoms with Crippen molar-refractivity contribution in [3.8, 4) is 0 Å². The largest absolute Gasteiger partial charge is 1.00 e. The molecule has 0 unspecified atom stereocenters. The van der Waals surface area contributed by atoms with Gasteiger partial charge in [0.25, 0.3) is 0 Å². The van der Waals surface area contributed by atoms with E-state index >= 15 is 0 Å². The molecule has 0 fully saturated rings. The van der Waals surface area contributed by atoms with Gasteiger partial charge in [0.2, 0.25) is 0 Å². The average Bonchev–Trinajstić information content (AvgIpc) is 2.84. The quantitative estimate of drug-likeness (QED) is 0.0394. The third-order valence-corrected chi connectivity index (χ3v) is 8.04. The van der Waals surface area contributed by atoms with Crippen LogP contribution in [0.5, 0.6) is 0 Å². The molecular weight excluding hydrogens is 487 g/mol. The van der Waals surface area contributed by atoms with E-state index in [0.717, 1.165) is 12.8 Å². The van der Waals surface area contributed by atoms with Crippen LogP contribution in [0.15, 0.2) is 12.2 Å². The van der Waals surface area contributed by atoms with E-state index in [2.05, 4.69) is 6.92 Å². The number of hydrogen-bond donors (Lipinski definition) is 0. The molecule has 216 valence electrons. The normalized spacial score (nSPS) is 11.8. The van der Waals surface area contributed by atoms with Crippen molar-refractivity contribution in [2.24, 2.45) is 0 Å². The van der Waals surface area contributed by atoms with E-state index in [1.165, 1.54) is 173 Å². The molecule has 0 atom stereocenters. The van der Waals surface area contributed by atoms with E-state index in [0.29, 0.717) is 0 Å². The topological polar surface area (TPSA) is 57.2 Å². The van der Waals surface area contributed by atoms with Gasteiger partial charge in [-0.05, 0) is 12.8 Å². The Morgan fingerprint density at radius 2 is 0.676 bits per heavy atom. The van der Waals surface area contributed by atoms with Gasteiger partial charge in [0.15, 0.2) is 0 Å². The second kappa shape index (κ2) is 32.9. The predicted octanol–water partition coefficient (Wildman–Crippen LogP) is 8.03. The second-order valence-electron chi connectivity index (χ2n) is 11.2. The predicted molar refractivity (Wildman–Crippen MR) is 159 cm³/mol. The van der Waals surface area contributed by atoms with Gasteiger partial charge in [-0.3, -0.25) is 0 Å². The van der Waals surface area contributed by atoms with Crippen LogP contribution < -0.4 is 29.6 Å². The third kappa shape index (κ3) is 38.9. The Bertz CT molecular complexity index is 548. The number of rotatable bonds is 30. The maximum absolute atomic E-state index is 10.5. The van der Waals surface area contributed by atoms with Gasteiger partial charge >= 0.3 is 29.6 Å². The van der Waals surface area contributed by atoms with Crippen LogP contribution in [0.4, 0.5) is 0 Å². The maximum Gasteiger partial charge on any atom is 1.00 e. The van der Waals surface area contributed by atoms with E-state index in [4.69, 9.17) is 0 Å². The summed E-state index contributed by atoms with van der Waals surface area (Å²) in [6, 6.07) is 0. The smallest absolute Gasteiger partial charge is 0.748 e. The Morgan fingerprint density at radius 1 is 0.432 bits per heavy atom. The van der Waals surface area contributed by atoms with Gasteiger partial charge in [-0.2, -0.15) is 0 Å². The van der Waals surface area contributed by atoms with Gasteiger partial charge in [0.1, 0.15) is 0 Å². The van der Waals surface area contributed by atoms with Gasteiger partial charge in [0.05, 0.1) is 15.9 Å². The minimum absolute atomic E-state index is 0. The van der Waals surface area contributed by atoms with Crippen LogP contribution in [0.25, 0.3) is 0 Å². The summed E-state index contributed by atoms with van der Waals surface area (Å²) in [6.45, 7) is 2.29. The summed E-state index contributed by atoms with van der Waals surface area (Å²) >= 11 is 0. The molecule has 0 bridgehead atoms. The summed E-state index contributed by atoms with van der Waals surface area (Å²) in [6.07, 6.45) is 42.1. The van der Waals surface area contributed by atoms with Crippen molar-refractivity contribution in [2.75, 3.05) is 5.75 Å². The Morgan fingerprint density at radius 3 is 0.919 bits per heavy atom. The molecule has 0 heterocycles. The van der Waals surface area contributed by atoms with Crippen molar-refractivity contribution in [2.45, 2.75) is 187 Å². The molecule has 0 N–H and O–H groups in total. The van der Waals surface area contributed by atoms with E-state index in [1.54, 1.807) is 0 Å². The van der Waals surface area contributed by atoms with Crippen molar-refractivity contribution in [3.05, 3.63) is 12.2 Å². The molecule has 0 aliphatic rings. The van der Waals surface area contributed by atoms with Crippen LogP contribution in [0.1, 0.15) is 187 Å². The van der Waals surface area contributed by atoms with Crippen LogP contribution in [0, 0.1) is 0 Å². The summed E-state index contributed by atoms with van der Waals surface area (Å²) in [4.78, 5) is 0. The molecule has 37 heavy (non-hydrogen) atoms. The van der Waals surface area contributed by atoms with Crippen LogP contribution in [0.2, 0.25) is 0 Å². The molecule has 5 heteroatoms. The van der Waals surface area contributed by atoms with Crippen LogP contribution >= 0.6 is 0 Å². The van der Waals surface area contributed by atoms with E-state index in [9.17, 15) is 13.0 Å². The first-order valence-corrected chi connectivity index (χ1v) is 17.7. The summed E-state index contributed by atoms with van der Waals surface area (Å²) in [5, 5.41) is 0. The third-order valence-electron chi connectivity index (χ3n) is 7.44. The number of hydrogen-bond acceptors (Lipinski definition) is 3. The van der Waals surface area contributed by atoms with Crippen molar-refractivity contribution in [1.82, 2.24) is 0 Å². The summed E-state index contributed by atoms with van der Waals surface area (Å²) in [5.74, 6) is -0.369. The molecule has 0 aliphatic heterocycles. The van der Waals surface area contributed by atoms with Gasteiger partial charge < -0.3 is 4.55 Å². The van der Waals surface area contributed by atoms with Gasteiger partial charge in [0, 0.05) is 0 Å². The van der Waals surface area contributed by atoms with Crippen LogP contribution in [-0.4, -0.2) is 18.7 Å². The Hall–Kier alpha value is 0.650. The van der Waals surface area contributed by atoms with Gasteiger partial charge in [-0.25, -0.2) is 8.42 Å². The van der Waals surface area contributed by atoms with E-state index < -0.39 is 10.1 Å². The summed E-state index contributed by atoms with van der Waals surface area (Å²) < 4.78 is 31.4. The zero-order valence-corrected chi connectivity index (χ0v) is 28.1. The molecule has 0 saturated heterocycles. The molecule has 0 rings (SSSR count). The molecule has 0 aromatic carbocycles. The molecule has 0 aromatic rings. The number of unbranched alkanes of at least 4 members (excludes halogenated alkanes) is 27. The minimum atomic E-state index is -4.09. The fraction of sp³-hybridized carbons (Fsp3) is 0.938. The molecule has 0 spiro atoms. The first-order chi connectivity index (χ1) is 17.6. The number of allylic oxidation sites excluding steroid dienone is 1. The Balaban J connectivity index is 0. The minimum Gasteiger partial charge on any atom is -0.748 e. The molecule has 0 saturated carbocycles. The molecule has 0 amide bonds. The van der Waals surface area contributed by atoms with E-state index in [1.807, 2.05) is 6.08 Å². The van der Waals surface area contributed by atoms with Gasteiger partial charge in [-0.15, -0.1) is 0 Å². The first kappa shape index (κ1) is 39.8. The summed E-state index contributed by atoms with van der Waals surface area (Å²) in [7, 11) is -4.09. The van der Waals surface area contributed by atoms with Crippen LogP contribution in [-0.2, 0) is 10.1 Å². The van der Waals surface area contributed by atoms with Crippen molar-refractivity contribution < 1.29 is 42.5 Å². The zero-order valence-electron chi connectivity index (χ0n) is 25.3. The fourth-order valence-electron chi connectivity index (χ4n) is 5.06. The maximum atomic E-state index is 10.5. The molecule has 0 radical (unpaired) electrons. The fourth-order valence-corrected chi connectivity index (χ4v) is 5.43.